The highest BCUT2D eigenvalue weighted by Gasteiger charge is 2.26. The lowest BCUT2D eigenvalue weighted by Crippen LogP contribution is -2.37. The number of ether oxygens (including phenoxy) is 1. The standard InChI is InChI=1S/C23H25N3O3/c1-28-21-12-6-5-11-18(21)20(26-13-7-8-14-26)16-24-23(27)19-15-22(29-25-19)17-9-3-2-4-10-17/h2-6,9-12,15,20H,7-8,13-14,16H2,1H3,(H,24,27). The lowest BCUT2D eigenvalue weighted by molar-refractivity contribution is 0.0928. The van der Waals surface area contributed by atoms with Crippen LogP contribution < -0.4 is 10.1 Å². The van der Waals surface area contributed by atoms with E-state index in [4.69, 9.17) is 9.26 Å². The van der Waals surface area contributed by atoms with Gasteiger partial charge in [0.2, 0.25) is 0 Å². The molecule has 4 rings (SSSR count). The fourth-order valence-corrected chi connectivity index (χ4v) is 3.83. The summed E-state index contributed by atoms with van der Waals surface area (Å²) in [5.41, 5.74) is 2.26. The quantitative estimate of drug-likeness (QED) is 0.661. The van der Waals surface area contributed by atoms with Crippen molar-refractivity contribution in [1.82, 2.24) is 15.4 Å². The fraction of sp³-hybridized carbons (Fsp3) is 0.304. The van der Waals surface area contributed by atoms with Crippen LogP contribution in [0.2, 0.25) is 0 Å². The maximum Gasteiger partial charge on any atom is 0.273 e. The third-order valence-corrected chi connectivity index (χ3v) is 5.34. The van der Waals surface area contributed by atoms with Crippen LogP contribution >= 0.6 is 0 Å². The Balaban J connectivity index is 1.49. The first kappa shape index (κ1) is 19.2. The number of para-hydroxylation sites is 1. The number of carbonyl (C=O) groups excluding carboxylic acids is 1. The molecule has 1 saturated heterocycles. The van der Waals surface area contributed by atoms with Crippen LogP contribution in [0.5, 0.6) is 5.75 Å². The van der Waals surface area contributed by atoms with Crippen LogP contribution in [0.25, 0.3) is 11.3 Å². The summed E-state index contributed by atoms with van der Waals surface area (Å²) >= 11 is 0. The summed E-state index contributed by atoms with van der Waals surface area (Å²) in [6.07, 6.45) is 2.34. The van der Waals surface area contributed by atoms with Crippen LogP contribution in [-0.4, -0.2) is 42.7 Å². The first-order valence-electron chi connectivity index (χ1n) is 9.93. The molecule has 150 valence electrons. The van der Waals surface area contributed by atoms with Gasteiger partial charge in [-0.2, -0.15) is 0 Å². The maximum absolute atomic E-state index is 12.7. The Labute approximate surface area is 170 Å². The summed E-state index contributed by atoms with van der Waals surface area (Å²) in [6, 6.07) is 19.4. The number of rotatable bonds is 7. The summed E-state index contributed by atoms with van der Waals surface area (Å²) < 4.78 is 10.9. The first-order valence-corrected chi connectivity index (χ1v) is 9.93. The predicted octanol–water partition coefficient (Wildman–Crippen LogP) is 3.92. The van der Waals surface area contributed by atoms with Crippen molar-refractivity contribution >= 4 is 5.91 Å². The maximum atomic E-state index is 12.7. The van der Waals surface area contributed by atoms with Crippen molar-refractivity contribution < 1.29 is 14.1 Å². The van der Waals surface area contributed by atoms with Crippen molar-refractivity contribution in [2.75, 3.05) is 26.7 Å². The zero-order valence-electron chi connectivity index (χ0n) is 16.5. The van der Waals surface area contributed by atoms with E-state index in [0.717, 1.165) is 30.0 Å². The van der Waals surface area contributed by atoms with Crippen molar-refractivity contribution in [3.8, 4) is 17.1 Å². The minimum Gasteiger partial charge on any atom is -0.496 e. The molecule has 1 aliphatic rings. The Bertz CT molecular complexity index is 949. The summed E-state index contributed by atoms with van der Waals surface area (Å²) in [5, 5.41) is 6.98. The van der Waals surface area contributed by atoms with E-state index in [1.54, 1.807) is 13.2 Å². The van der Waals surface area contributed by atoms with E-state index in [1.807, 2.05) is 48.5 Å². The van der Waals surface area contributed by atoms with E-state index >= 15 is 0 Å². The van der Waals surface area contributed by atoms with Crippen LogP contribution in [0.1, 0.15) is 34.9 Å². The molecule has 1 atom stereocenters. The Morgan fingerprint density at radius 3 is 2.62 bits per heavy atom. The Morgan fingerprint density at radius 2 is 1.86 bits per heavy atom. The van der Waals surface area contributed by atoms with Gasteiger partial charge in [-0.1, -0.05) is 53.7 Å². The Morgan fingerprint density at radius 1 is 1.14 bits per heavy atom. The first-order chi connectivity index (χ1) is 14.3. The molecule has 0 aliphatic carbocycles. The average Bonchev–Trinajstić information content (AvgIpc) is 3.47. The molecular formula is C23H25N3O3. The largest absolute Gasteiger partial charge is 0.496 e. The second-order valence-electron chi connectivity index (χ2n) is 7.15. The highest BCUT2D eigenvalue weighted by Crippen LogP contribution is 2.31. The summed E-state index contributed by atoms with van der Waals surface area (Å²) in [6.45, 7) is 2.51. The van der Waals surface area contributed by atoms with Gasteiger partial charge in [-0.15, -0.1) is 0 Å². The number of nitrogens with zero attached hydrogens (tertiary/aromatic N) is 2. The summed E-state index contributed by atoms with van der Waals surface area (Å²) in [7, 11) is 1.68. The zero-order chi connectivity index (χ0) is 20.1. The molecule has 2 heterocycles. The van der Waals surface area contributed by atoms with E-state index < -0.39 is 0 Å². The molecule has 29 heavy (non-hydrogen) atoms. The monoisotopic (exact) mass is 391 g/mol. The summed E-state index contributed by atoms with van der Waals surface area (Å²) in [5.74, 6) is 1.18. The molecular weight excluding hydrogens is 366 g/mol. The number of aromatic nitrogens is 1. The average molecular weight is 391 g/mol. The van der Waals surface area contributed by atoms with Gasteiger partial charge in [0.15, 0.2) is 11.5 Å². The second-order valence-corrected chi connectivity index (χ2v) is 7.15. The Kier molecular flexibility index (Phi) is 5.91. The molecule has 6 nitrogen and oxygen atoms in total. The molecule has 1 fully saturated rings. The van der Waals surface area contributed by atoms with Crippen molar-refractivity contribution in [2.45, 2.75) is 18.9 Å². The second kappa shape index (κ2) is 8.92. The van der Waals surface area contributed by atoms with Gasteiger partial charge >= 0.3 is 0 Å². The van der Waals surface area contributed by atoms with Gasteiger partial charge in [-0.25, -0.2) is 0 Å². The van der Waals surface area contributed by atoms with Crippen LogP contribution in [0, 0.1) is 0 Å². The van der Waals surface area contributed by atoms with E-state index in [9.17, 15) is 4.79 Å². The molecule has 1 aromatic heterocycles. The predicted molar refractivity (Wildman–Crippen MR) is 111 cm³/mol. The zero-order valence-corrected chi connectivity index (χ0v) is 16.5. The highest BCUT2D eigenvalue weighted by atomic mass is 16.5. The molecule has 1 aliphatic heterocycles. The van der Waals surface area contributed by atoms with E-state index in [2.05, 4.69) is 21.4 Å². The number of benzene rings is 2. The summed E-state index contributed by atoms with van der Waals surface area (Å²) in [4.78, 5) is 15.1. The van der Waals surface area contributed by atoms with E-state index in [0.29, 0.717) is 12.3 Å². The van der Waals surface area contributed by atoms with Gasteiger partial charge in [0.05, 0.1) is 13.2 Å². The normalized spacial score (nSPS) is 15.2. The lowest BCUT2D eigenvalue weighted by atomic mass is 10.0. The van der Waals surface area contributed by atoms with E-state index in [1.165, 1.54) is 12.8 Å². The van der Waals surface area contributed by atoms with Gasteiger partial charge in [-0.05, 0) is 32.0 Å². The van der Waals surface area contributed by atoms with Crippen molar-refractivity contribution in [1.29, 1.82) is 0 Å². The molecule has 6 heteroatoms. The SMILES string of the molecule is COc1ccccc1C(CNC(=O)c1cc(-c2ccccc2)on1)N1CCCC1. The number of nitrogens with one attached hydrogen (secondary N) is 1. The van der Waals surface area contributed by atoms with Crippen molar-refractivity contribution in [3.05, 3.63) is 71.9 Å². The molecule has 1 N–H and O–H groups in total. The number of methoxy groups -OCH3 is 1. The van der Waals surface area contributed by atoms with Crippen LogP contribution in [0.15, 0.2) is 65.2 Å². The number of likely N-dealkylation sites (tertiary alicyclic amines) is 1. The van der Waals surface area contributed by atoms with Gasteiger partial charge in [0, 0.05) is 23.7 Å². The van der Waals surface area contributed by atoms with Crippen molar-refractivity contribution in [2.24, 2.45) is 0 Å². The third-order valence-electron chi connectivity index (χ3n) is 5.34. The minimum absolute atomic E-state index is 0.0538. The van der Waals surface area contributed by atoms with Crippen LogP contribution in [0.3, 0.4) is 0 Å². The van der Waals surface area contributed by atoms with Gasteiger partial charge in [0.25, 0.3) is 5.91 Å². The number of hydrogen-bond donors (Lipinski definition) is 1. The number of amides is 1. The molecule has 0 saturated carbocycles. The molecule has 0 spiro atoms. The fourth-order valence-electron chi connectivity index (χ4n) is 3.83. The van der Waals surface area contributed by atoms with Gasteiger partial charge < -0.3 is 14.6 Å². The Hall–Kier alpha value is -3.12. The van der Waals surface area contributed by atoms with Gasteiger partial charge in [-0.3, -0.25) is 9.69 Å². The van der Waals surface area contributed by atoms with Gasteiger partial charge in [0.1, 0.15) is 5.75 Å². The minimum atomic E-state index is -0.241. The molecule has 2 aromatic carbocycles. The lowest BCUT2D eigenvalue weighted by Gasteiger charge is -2.29. The van der Waals surface area contributed by atoms with Crippen molar-refractivity contribution in [3.63, 3.8) is 0 Å². The smallest absolute Gasteiger partial charge is 0.273 e. The molecule has 0 radical (unpaired) electrons. The number of hydrogen-bond acceptors (Lipinski definition) is 5. The third kappa shape index (κ3) is 4.32. The molecule has 0 bridgehead atoms. The molecule has 1 amide bonds. The van der Waals surface area contributed by atoms with E-state index in [-0.39, 0.29) is 17.6 Å². The van der Waals surface area contributed by atoms with Crippen LogP contribution in [-0.2, 0) is 0 Å². The topological polar surface area (TPSA) is 67.6 Å². The molecule has 3 aromatic rings. The molecule has 1 unspecified atom stereocenters. The highest BCUT2D eigenvalue weighted by molar-refractivity contribution is 5.93. The number of carbonyl (C=O) groups is 1. The van der Waals surface area contributed by atoms with Crippen LogP contribution in [0.4, 0.5) is 0 Å².